The van der Waals surface area contributed by atoms with Crippen molar-refractivity contribution < 1.29 is 9.18 Å². The van der Waals surface area contributed by atoms with Crippen LogP contribution in [0.3, 0.4) is 0 Å². The molecule has 0 saturated heterocycles. The Bertz CT molecular complexity index is 777. The Hall–Kier alpha value is -2.89. The molecule has 0 spiro atoms. The maximum absolute atomic E-state index is 13.0. The molecule has 2 aromatic heterocycles. The Morgan fingerprint density at radius 3 is 2.86 bits per heavy atom. The van der Waals surface area contributed by atoms with Crippen LogP contribution in [-0.4, -0.2) is 21.1 Å². The highest BCUT2D eigenvalue weighted by molar-refractivity contribution is 6.03. The third kappa shape index (κ3) is 2.69. The molecular formula is C15H13FN4O. The molecule has 0 bridgehead atoms. The van der Waals surface area contributed by atoms with Crippen molar-refractivity contribution in [3.8, 4) is 11.4 Å². The van der Waals surface area contributed by atoms with E-state index in [0.717, 1.165) is 5.69 Å². The first-order valence-corrected chi connectivity index (χ1v) is 6.40. The lowest BCUT2D eigenvalue weighted by molar-refractivity contribution is 0.102. The maximum atomic E-state index is 13.0. The van der Waals surface area contributed by atoms with Crippen molar-refractivity contribution in [2.45, 2.75) is 6.92 Å². The average Bonchev–Trinajstić information content (AvgIpc) is 3.10. The molecule has 0 aliphatic rings. The first kappa shape index (κ1) is 13.1. The second kappa shape index (κ2) is 5.24. The van der Waals surface area contributed by atoms with E-state index in [1.54, 1.807) is 19.2 Å². The number of hydrogen-bond donors (Lipinski definition) is 3. The number of aromatic nitrogens is 3. The smallest absolute Gasteiger partial charge is 0.273 e. The largest absolute Gasteiger partial charge is 0.360 e. The zero-order valence-corrected chi connectivity index (χ0v) is 11.3. The molecule has 0 radical (unpaired) electrons. The average molecular weight is 284 g/mol. The molecule has 2 heterocycles. The summed E-state index contributed by atoms with van der Waals surface area (Å²) in [7, 11) is 0. The Labute approximate surface area is 120 Å². The van der Waals surface area contributed by atoms with Crippen molar-refractivity contribution in [1.82, 2.24) is 15.2 Å². The Morgan fingerprint density at radius 2 is 2.14 bits per heavy atom. The second-order valence-electron chi connectivity index (χ2n) is 4.66. The van der Waals surface area contributed by atoms with Gasteiger partial charge in [0.1, 0.15) is 17.2 Å². The number of amides is 1. The van der Waals surface area contributed by atoms with Crippen LogP contribution in [0.1, 0.15) is 16.1 Å². The summed E-state index contributed by atoms with van der Waals surface area (Å²) in [6, 6.07) is 9.57. The number of rotatable bonds is 3. The highest BCUT2D eigenvalue weighted by atomic mass is 19.1. The molecule has 106 valence electrons. The monoisotopic (exact) mass is 284 g/mol. The van der Waals surface area contributed by atoms with Crippen molar-refractivity contribution in [3.63, 3.8) is 0 Å². The van der Waals surface area contributed by atoms with E-state index in [1.165, 1.54) is 18.2 Å². The van der Waals surface area contributed by atoms with Crippen molar-refractivity contribution >= 4 is 11.6 Å². The van der Waals surface area contributed by atoms with Gasteiger partial charge in [-0.05, 0) is 48.9 Å². The van der Waals surface area contributed by atoms with Gasteiger partial charge in [0.2, 0.25) is 0 Å². The fraction of sp³-hybridized carbons (Fsp3) is 0.0667. The van der Waals surface area contributed by atoms with Crippen molar-refractivity contribution in [1.29, 1.82) is 0 Å². The molecule has 0 unspecified atom stereocenters. The van der Waals surface area contributed by atoms with Crippen molar-refractivity contribution in [2.24, 2.45) is 0 Å². The summed E-state index contributed by atoms with van der Waals surface area (Å²) in [5.41, 5.74) is 3.04. The topological polar surface area (TPSA) is 73.6 Å². The predicted molar refractivity (Wildman–Crippen MR) is 77.5 cm³/mol. The summed E-state index contributed by atoms with van der Waals surface area (Å²) >= 11 is 0. The number of carbonyl (C=O) groups is 1. The number of hydrogen-bond acceptors (Lipinski definition) is 2. The first-order valence-electron chi connectivity index (χ1n) is 6.40. The molecule has 0 aliphatic carbocycles. The molecule has 5 nitrogen and oxygen atoms in total. The molecule has 1 aromatic carbocycles. The number of aromatic amines is 2. The van der Waals surface area contributed by atoms with E-state index in [9.17, 15) is 9.18 Å². The van der Waals surface area contributed by atoms with Crippen LogP contribution in [0.5, 0.6) is 0 Å². The fourth-order valence-corrected chi connectivity index (χ4v) is 2.02. The van der Waals surface area contributed by atoms with Crippen molar-refractivity contribution in [3.05, 3.63) is 59.7 Å². The van der Waals surface area contributed by atoms with Gasteiger partial charge in [-0.3, -0.25) is 9.89 Å². The summed E-state index contributed by atoms with van der Waals surface area (Å²) < 4.78 is 13.0. The number of benzene rings is 1. The Balaban J connectivity index is 1.79. The Kier molecular flexibility index (Phi) is 3.27. The van der Waals surface area contributed by atoms with E-state index in [0.29, 0.717) is 22.6 Å². The molecule has 0 fully saturated rings. The van der Waals surface area contributed by atoms with Crippen LogP contribution >= 0.6 is 0 Å². The summed E-state index contributed by atoms with van der Waals surface area (Å²) in [6.45, 7) is 1.73. The van der Waals surface area contributed by atoms with Crippen LogP contribution in [0.15, 0.2) is 42.6 Å². The van der Waals surface area contributed by atoms with Crippen LogP contribution in [0.25, 0.3) is 11.4 Å². The number of nitrogens with zero attached hydrogens (tertiary/aromatic N) is 1. The van der Waals surface area contributed by atoms with Gasteiger partial charge in [0.05, 0.1) is 5.69 Å². The number of aryl methyl sites for hydroxylation is 1. The molecule has 0 aliphatic heterocycles. The van der Waals surface area contributed by atoms with Crippen LogP contribution in [0, 0.1) is 12.7 Å². The normalized spacial score (nSPS) is 10.6. The molecule has 0 saturated carbocycles. The fourth-order valence-electron chi connectivity index (χ4n) is 2.02. The lowest BCUT2D eigenvalue weighted by Gasteiger charge is -2.06. The summed E-state index contributed by atoms with van der Waals surface area (Å²) in [5.74, 6) is -0.656. The summed E-state index contributed by atoms with van der Waals surface area (Å²) in [6.07, 6.45) is 1.78. The second-order valence-corrected chi connectivity index (χ2v) is 4.66. The van der Waals surface area contributed by atoms with Gasteiger partial charge in [0.15, 0.2) is 0 Å². The molecule has 1 amide bonds. The van der Waals surface area contributed by atoms with Crippen LogP contribution in [0.4, 0.5) is 10.1 Å². The number of nitrogens with one attached hydrogen (secondary N) is 3. The van der Waals surface area contributed by atoms with E-state index in [-0.39, 0.29) is 11.7 Å². The van der Waals surface area contributed by atoms with Crippen LogP contribution in [0.2, 0.25) is 0 Å². The number of carbonyl (C=O) groups excluding carboxylic acids is 1. The zero-order valence-electron chi connectivity index (χ0n) is 11.3. The quantitative estimate of drug-likeness (QED) is 0.691. The summed E-state index contributed by atoms with van der Waals surface area (Å²) in [4.78, 5) is 15.2. The van der Waals surface area contributed by atoms with Gasteiger partial charge in [-0.1, -0.05) is 0 Å². The number of anilines is 1. The zero-order chi connectivity index (χ0) is 14.8. The molecular weight excluding hydrogens is 271 g/mol. The highest BCUT2D eigenvalue weighted by Gasteiger charge is 2.12. The third-order valence-electron chi connectivity index (χ3n) is 3.13. The van der Waals surface area contributed by atoms with Gasteiger partial charge in [-0.25, -0.2) is 4.39 Å². The highest BCUT2D eigenvalue weighted by Crippen LogP contribution is 2.18. The summed E-state index contributed by atoms with van der Waals surface area (Å²) in [5, 5.41) is 9.49. The lowest BCUT2D eigenvalue weighted by atomic mass is 10.2. The molecule has 6 heteroatoms. The number of halogens is 1. The van der Waals surface area contributed by atoms with Gasteiger partial charge in [-0.15, -0.1) is 0 Å². The maximum Gasteiger partial charge on any atom is 0.273 e. The van der Waals surface area contributed by atoms with Crippen molar-refractivity contribution in [2.75, 3.05) is 5.32 Å². The van der Waals surface area contributed by atoms with E-state index in [2.05, 4.69) is 20.5 Å². The van der Waals surface area contributed by atoms with E-state index < -0.39 is 0 Å². The lowest BCUT2D eigenvalue weighted by Crippen LogP contribution is -2.13. The predicted octanol–water partition coefficient (Wildman–Crippen LogP) is 3.10. The van der Waals surface area contributed by atoms with Gasteiger partial charge < -0.3 is 10.3 Å². The third-order valence-corrected chi connectivity index (χ3v) is 3.13. The number of H-pyrrole nitrogens is 2. The molecule has 3 N–H and O–H groups in total. The molecule has 21 heavy (non-hydrogen) atoms. The van der Waals surface area contributed by atoms with Crippen LogP contribution in [-0.2, 0) is 0 Å². The molecule has 3 rings (SSSR count). The minimum absolute atomic E-state index is 0.324. The van der Waals surface area contributed by atoms with E-state index >= 15 is 0 Å². The van der Waals surface area contributed by atoms with E-state index in [4.69, 9.17) is 0 Å². The molecule has 3 aromatic rings. The minimum Gasteiger partial charge on any atom is -0.360 e. The van der Waals surface area contributed by atoms with E-state index in [1.807, 2.05) is 12.1 Å². The van der Waals surface area contributed by atoms with Gasteiger partial charge in [0, 0.05) is 11.9 Å². The standard InChI is InChI=1S/C15H13FN4O/c1-9-7-10(16)4-5-11(9)18-15(21)14-8-13(19-20-14)12-3-2-6-17-12/h2-8,17H,1H3,(H,18,21)(H,19,20). The Morgan fingerprint density at radius 1 is 1.29 bits per heavy atom. The minimum atomic E-state index is -0.332. The van der Waals surface area contributed by atoms with Crippen LogP contribution < -0.4 is 5.32 Å². The van der Waals surface area contributed by atoms with Gasteiger partial charge in [0.25, 0.3) is 5.91 Å². The molecule has 0 atom stereocenters. The van der Waals surface area contributed by atoms with Gasteiger partial charge in [-0.2, -0.15) is 5.10 Å². The van der Waals surface area contributed by atoms with Gasteiger partial charge >= 0.3 is 0 Å². The SMILES string of the molecule is Cc1cc(F)ccc1NC(=O)c1cc(-c2ccc[nH]2)n[nH]1. The first-order chi connectivity index (χ1) is 10.1.